The minimum absolute atomic E-state index is 0.0367. The van der Waals surface area contributed by atoms with E-state index in [1.807, 2.05) is 32.0 Å². The maximum absolute atomic E-state index is 12.0. The summed E-state index contributed by atoms with van der Waals surface area (Å²) in [5.41, 5.74) is 1.92. The number of pyridine rings is 1. The largest absolute Gasteiger partial charge is 0.340 e. The van der Waals surface area contributed by atoms with E-state index in [0.717, 1.165) is 5.69 Å². The van der Waals surface area contributed by atoms with Gasteiger partial charge in [0.2, 0.25) is 0 Å². The quantitative estimate of drug-likeness (QED) is 0.225. The molecule has 0 amide bonds. The molecule has 0 bridgehead atoms. The van der Waals surface area contributed by atoms with Crippen LogP contribution in [0.25, 0.3) is 0 Å². The molecule has 2 aromatic rings. The highest BCUT2D eigenvalue weighted by Gasteiger charge is 2.11. The number of nitrogens with two attached hydrogens (primary N) is 1. The number of halogens is 1. The van der Waals surface area contributed by atoms with Crippen molar-refractivity contribution in [3.05, 3.63) is 53.3 Å². The molecule has 1 aromatic heterocycles. The van der Waals surface area contributed by atoms with Crippen LogP contribution in [0, 0.1) is 5.92 Å². The summed E-state index contributed by atoms with van der Waals surface area (Å²) >= 11 is 12.8. The van der Waals surface area contributed by atoms with Crippen LogP contribution in [0.3, 0.4) is 0 Å². The van der Waals surface area contributed by atoms with Gasteiger partial charge in [-0.25, -0.2) is 5.84 Å². The monoisotopic (exact) mass is 408 g/mol. The Balaban J connectivity index is 1.87. The zero-order chi connectivity index (χ0) is 19.1. The lowest BCUT2D eigenvalue weighted by Crippen LogP contribution is -2.31. The topological polar surface area (TPSA) is 71.2 Å². The number of anilines is 2. The number of aromatic nitrogens is 1. The molecule has 0 saturated carbocycles. The molecule has 5 nitrogen and oxygen atoms in total. The first kappa shape index (κ1) is 20.6. The number of carbonyl (C=O) groups excluding carboxylic acids is 1. The van der Waals surface area contributed by atoms with Gasteiger partial charge >= 0.3 is 0 Å². The zero-order valence-electron chi connectivity index (χ0n) is 14.6. The summed E-state index contributed by atoms with van der Waals surface area (Å²) in [7, 11) is 0. The normalized spacial score (nSPS) is 10.7. The number of hydrogen-bond acceptors (Lipinski definition) is 6. The SMILES string of the molecule is CC(C)CC(=O)c1ccc(N(N)CSC(=S)Nc2ccccc2Cl)cn1. The van der Waals surface area contributed by atoms with E-state index in [9.17, 15) is 4.79 Å². The highest BCUT2D eigenvalue weighted by Crippen LogP contribution is 2.23. The maximum Gasteiger partial charge on any atom is 0.181 e. The molecule has 1 aromatic carbocycles. The number of carbonyl (C=O) groups is 1. The van der Waals surface area contributed by atoms with E-state index < -0.39 is 0 Å². The molecular weight excluding hydrogens is 388 g/mol. The first-order valence-corrected chi connectivity index (χ1v) is 9.83. The number of para-hydroxylation sites is 1. The van der Waals surface area contributed by atoms with E-state index >= 15 is 0 Å². The van der Waals surface area contributed by atoms with Crippen molar-refractivity contribution in [3.63, 3.8) is 0 Å². The third-order valence-corrected chi connectivity index (χ3v) is 4.96. The van der Waals surface area contributed by atoms with Crippen LogP contribution in [-0.2, 0) is 0 Å². The van der Waals surface area contributed by atoms with Crippen molar-refractivity contribution in [3.8, 4) is 0 Å². The van der Waals surface area contributed by atoms with Gasteiger partial charge in [0.05, 0.1) is 28.5 Å². The number of nitrogens with one attached hydrogen (secondary N) is 1. The van der Waals surface area contributed by atoms with E-state index in [1.165, 1.54) is 16.8 Å². The fourth-order valence-corrected chi connectivity index (χ4v) is 3.15. The lowest BCUT2D eigenvalue weighted by Gasteiger charge is -2.18. The lowest BCUT2D eigenvalue weighted by atomic mass is 10.0. The molecule has 0 fully saturated rings. The van der Waals surface area contributed by atoms with E-state index in [-0.39, 0.29) is 5.78 Å². The van der Waals surface area contributed by atoms with Crippen molar-refractivity contribution in [2.75, 3.05) is 16.2 Å². The Hall–Kier alpha value is -1.67. The molecule has 0 unspecified atom stereocenters. The molecule has 2 rings (SSSR count). The molecule has 0 aliphatic carbocycles. The average molecular weight is 409 g/mol. The number of hydrazine groups is 1. The minimum atomic E-state index is 0.0367. The molecular formula is C18H21ClN4OS2. The van der Waals surface area contributed by atoms with Gasteiger partial charge in [-0.15, -0.1) is 0 Å². The Morgan fingerprint density at radius 2 is 2.08 bits per heavy atom. The smallest absolute Gasteiger partial charge is 0.181 e. The Kier molecular flexibility index (Phi) is 7.84. The average Bonchev–Trinajstić information content (AvgIpc) is 2.61. The van der Waals surface area contributed by atoms with Gasteiger partial charge in [-0.3, -0.25) is 14.8 Å². The second kappa shape index (κ2) is 9.87. The van der Waals surface area contributed by atoms with Crippen LogP contribution in [0.1, 0.15) is 30.8 Å². The Morgan fingerprint density at radius 1 is 1.35 bits per heavy atom. The molecule has 1 heterocycles. The summed E-state index contributed by atoms with van der Waals surface area (Å²) < 4.78 is 0.560. The second-order valence-electron chi connectivity index (χ2n) is 6.06. The summed E-state index contributed by atoms with van der Waals surface area (Å²) in [6.45, 7) is 4.01. The molecule has 3 N–H and O–H groups in total. The van der Waals surface area contributed by atoms with Crippen molar-refractivity contribution in [1.82, 2.24) is 4.98 Å². The van der Waals surface area contributed by atoms with E-state index in [0.29, 0.717) is 38.9 Å². The molecule has 138 valence electrons. The molecule has 26 heavy (non-hydrogen) atoms. The molecule has 8 heteroatoms. The Bertz CT molecular complexity index is 768. The molecule has 0 spiro atoms. The fraction of sp³-hybridized carbons (Fsp3) is 0.278. The molecule has 0 radical (unpaired) electrons. The second-order valence-corrected chi connectivity index (χ2v) is 8.09. The molecule has 0 saturated heterocycles. The first-order chi connectivity index (χ1) is 12.4. The van der Waals surface area contributed by atoms with Crippen molar-refractivity contribution in [2.45, 2.75) is 20.3 Å². The van der Waals surface area contributed by atoms with Gasteiger partial charge in [0.1, 0.15) is 10.0 Å². The van der Waals surface area contributed by atoms with Gasteiger partial charge in [-0.2, -0.15) is 0 Å². The van der Waals surface area contributed by atoms with E-state index in [2.05, 4.69) is 10.3 Å². The van der Waals surface area contributed by atoms with Gasteiger partial charge in [-0.05, 0) is 30.2 Å². The van der Waals surface area contributed by atoms with Crippen LogP contribution in [0.2, 0.25) is 5.02 Å². The van der Waals surface area contributed by atoms with E-state index in [1.54, 1.807) is 24.4 Å². The number of nitrogens with zero attached hydrogens (tertiary/aromatic N) is 2. The van der Waals surface area contributed by atoms with Crippen molar-refractivity contribution >= 4 is 57.1 Å². The summed E-state index contributed by atoms with van der Waals surface area (Å²) in [6, 6.07) is 10.9. The predicted molar refractivity (Wildman–Crippen MR) is 115 cm³/mol. The highest BCUT2D eigenvalue weighted by molar-refractivity contribution is 8.23. The summed E-state index contributed by atoms with van der Waals surface area (Å²) in [5, 5.41) is 5.20. The van der Waals surface area contributed by atoms with Crippen molar-refractivity contribution in [1.29, 1.82) is 0 Å². The van der Waals surface area contributed by atoms with Crippen LogP contribution in [0.5, 0.6) is 0 Å². The van der Waals surface area contributed by atoms with Gasteiger partial charge in [0, 0.05) is 6.42 Å². The zero-order valence-corrected chi connectivity index (χ0v) is 17.0. The molecule has 0 atom stereocenters. The third kappa shape index (κ3) is 6.25. The number of Topliss-reactive ketones (excluding diaryl/α,β-unsaturated/α-hetero) is 1. The third-order valence-electron chi connectivity index (χ3n) is 3.40. The summed E-state index contributed by atoms with van der Waals surface area (Å²) in [6.07, 6.45) is 2.08. The molecule has 0 aliphatic heterocycles. The minimum Gasteiger partial charge on any atom is -0.340 e. The summed E-state index contributed by atoms with van der Waals surface area (Å²) in [4.78, 5) is 16.2. The maximum atomic E-state index is 12.0. The Labute approximate surface area is 168 Å². The van der Waals surface area contributed by atoms with Crippen LogP contribution < -0.4 is 16.2 Å². The van der Waals surface area contributed by atoms with Gasteiger partial charge < -0.3 is 5.32 Å². The predicted octanol–water partition coefficient (Wildman–Crippen LogP) is 4.73. The fourth-order valence-electron chi connectivity index (χ4n) is 2.11. The summed E-state index contributed by atoms with van der Waals surface area (Å²) in [5.74, 6) is 6.82. The number of thioether (sulfide) groups is 1. The van der Waals surface area contributed by atoms with Gasteiger partial charge in [-0.1, -0.05) is 61.6 Å². The highest BCUT2D eigenvalue weighted by atomic mass is 35.5. The van der Waals surface area contributed by atoms with E-state index in [4.69, 9.17) is 29.7 Å². The van der Waals surface area contributed by atoms with Crippen LogP contribution in [-0.4, -0.2) is 21.0 Å². The van der Waals surface area contributed by atoms with Crippen molar-refractivity contribution < 1.29 is 4.79 Å². The molecule has 0 aliphatic rings. The van der Waals surface area contributed by atoms with Gasteiger partial charge in [0.15, 0.2) is 5.78 Å². The Morgan fingerprint density at radius 3 is 2.69 bits per heavy atom. The van der Waals surface area contributed by atoms with Gasteiger partial charge in [0.25, 0.3) is 0 Å². The number of hydrogen-bond donors (Lipinski definition) is 2. The number of rotatable bonds is 7. The van der Waals surface area contributed by atoms with Crippen LogP contribution in [0.15, 0.2) is 42.6 Å². The lowest BCUT2D eigenvalue weighted by molar-refractivity contribution is 0.0963. The number of thiocarbonyl (C=S) groups is 1. The first-order valence-electron chi connectivity index (χ1n) is 8.06. The number of benzene rings is 1. The number of ketones is 1. The van der Waals surface area contributed by atoms with Crippen LogP contribution >= 0.6 is 35.6 Å². The van der Waals surface area contributed by atoms with Crippen LogP contribution in [0.4, 0.5) is 11.4 Å². The standard InChI is InChI=1S/C18H21ClN4OS2/c1-12(2)9-17(24)16-8-7-13(10-21-16)23(20)11-26-18(25)22-15-6-4-3-5-14(15)19/h3-8,10,12H,9,11,20H2,1-2H3,(H,22,25). The van der Waals surface area contributed by atoms with Crippen molar-refractivity contribution in [2.24, 2.45) is 11.8 Å².